The first-order chi connectivity index (χ1) is 28.2. The Morgan fingerprint density at radius 1 is 0.983 bits per heavy atom. The second-order valence-electron chi connectivity index (χ2n) is 17.5. The molecule has 2 unspecified atom stereocenters. The minimum Gasteiger partial charge on any atom is -0.488 e. The summed E-state index contributed by atoms with van der Waals surface area (Å²) in [6, 6.07) is 13.5. The second kappa shape index (κ2) is 15.9. The van der Waals surface area contributed by atoms with Gasteiger partial charge in [-0.1, -0.05) is 45.4 Å². The first-order valence-corrected chi connectivity index (χ1v) is 20.7. The Morgan fingerprint density at radius 3 is 2.53 bits per heavy atom. The highest BCUT2D eigenvalue weighted by molar-refractivity contribution is 6.07. The van der Waals surface area contributed by atoms with Crippen molar-refractivity contribution in [2.24, 2.45) is 17.8 Å². The molecule has 2 saturated heterocycles. The molecule has 3 N–H and O–H groups in total. The Balaban J connectivity index is 1.05. The molecule has 312 valence electrons. The summed E-state index contributed by atoms with van der Waals surface area (Å²) in [6.45, 7) is 13.8. The molecule has 8 rings (SSSR count). The number of hydrogen-bond acceptors (Lipinski definition) is 9. The molecule has 3 aliphatic heterocycles. The fourth-order valence-electron chi connectivity index (χ4n) is 8.95. The number of imidazole rings is 2. The summed E-state index contributed by atoms with van der Waals surface area (Å²) in [5, 5.41) is 4.81. The van der Waals surface area contributed by atoms with Gasteiger partial charge >= 0.3 is 12.2 Å². The van der Waals surface area contributed by atoms with Gasteiger partial charge in [0.15, 0.2) is 0 Å². The Labute approximate surface area is 344 Å². The Hall–Kier alpha value is -5.63. The molecule has 0 spiro atoms. The first kappa shape index (κ1) is 40.2. The summed E-state index contributed by atoms with van der Waals surface area (Å²) in [7, 11) is 2.99. The van der Waals surface area contributed by atoms with Crippen molar-refractivity contribution in [1.29, 1.82) is 0 Å². The fraction of sp³-hybridized carbons (Fsp3) is 0.489. The number of ether oxygens (including phenoxy) is 4. The van der Waals surface area contributed by atoms with Gasteiger partial charge < -0.3 is 39.1 Å². The lowest BCUT2D eigenvalue weighted by atomic mass is 9.92. The van der Waals surface area contributed by atoms with Crippen LogP contribution in [0, 0.1) is 17.8 Å². The van der Waals surface area contributed by atoms with E-state index in [0.717, 1.165) is 86.4 Å². The van der Waals surface area contributed by atoms with Gasteiger partial charge in [0.05, 0.1) is 48.7 Å². The minimum atomic E-state index is -0.693. The van der Waals surface area contributed by atoms with E-state index in [1.165, 1.54) is 7.11 Å². The number of carbonyl (C=O) groups is 3. The predicted octanol–water partition coefficient (Wildman–Crippen LogP) is 8.29. The standard InChI is InChI=1S/C45H55N7O7/c1-9-25(3)38(50-43(54)57-8)42(53)51-20-24(2)14-35(51)40-46-19-34(48-40)28-10-12-30-29(16-28)23-58-37-18-31-27(17-32(30)37)11-13-33-39(31)49-41(47-33)36-15-26(22-56-7)21-52(36)44(55)59-45(4,5)6/h10-13,16-19,24-26,35-36,38H,9,14-15,20-23H2,1-8H3,(H,46,48)(H,47,49)(H,50,54)/t24-,25?,26-,35?,36-,38-/m0/s1. The van der Waals surface area contributed by atoms with Crippen LogP contribution in [0.4, 0.5) is 9.59 Å². The zero-order chi connectivity index (χ0) is 41.7. The van der Waals surface area contributed by atoms with Crippen LogP contribution in [-0.4, -0.2) is 93.4 Å². The maximum absolute atomic E-state index is 13.9. The number of rotatable bonds is 9. The molecule has 6 atom stereocenters. The summed E-state index contributed by atoms with van der Waals surface area (Å²) >= 11 is 0. The van der Waals surface area contributed by atoms with Crippen LogP contribution in [0.3, 0.4) is 0 Å². The van der Waals surface area contributed by atoms with Crippen molar-refractivity contribution in [1.82, 2.24) is 35.1 Å². The van der Waals surface area contributed by atoms with Gasteiger partial charge in [0.1, 0.15) is 35.6 Å². The van der Waals surface area contributed by atoms with E-state index < -0.39 is 17.7 Å². The predicted molar refractivity (Wildman–Crippen MR) is 224 cm³/mol. The number of benzene rings is 3. The number of methoxy groups -OCH3 is 2. The monoisotopic (exact) mass is 805 g/mol. The summed E-state index contributed by atoms with van der Waals surface area (Å²) in [5.41, 5.74) is 6.08. The Morgan fingerprint density at radius 2 is 1.78 bits per heavy atom. The van der Waals surface area contributed by atoms with Crippen molar-refractivity contribution >= 4 is 39.9 Å². The van der Waals surface area contributed by atoms with Crippen molar-refractivity contribution in [3.05, 3.63) is 65.9 Å². The number of nitrogens with zero attached hydrogens (tertiary/aromatic N) is 4. The summed E-state index contributed by atoms with van der Waals surface area (Å²) in [5.74, 6) is 2.48. The van der Waals surface area contributed by atoms with Crippen LogP contribution in [0.2, 0.25) is 0 Å². The smallest absolute Gasteiger partial charge is 0.410 e. The van der Waals surface area contributed by atoms with Crippen LogP contribution in [0.5, 0.6) is 5.75 Å². The molecule has 3 aliphatic rings. The average Bonchev–Trinajstić information content (AvgIpc) is 4.03. The molecule has 14 heteroatoms. The summed E-state index contributed by atoms with van der Waals surface area (Å²) in [4.78, 5) is 60.0. The Bertz CT molecular complexity index is 2400. The van der Waals surface area contributed by atoms with Crippen molar-refractivity contribution < 1.29 is 33.3 Å². The molecule has 5 heterocycles. The van der Waals surface area contributed by atoms with Crippen LogP contribution in [-0.2, 0) is 25.6 Å². The number of aromatic amines is 2. The highest BCUT2D eigenvalue weighted by Crippen LogP contribution is 2.44. The largest absolute Gasteiger partial charge is 0.488 e. The van der Waals surface area contributed by atoms with E-state index in [9.17, 15) is 14.4 Å². The van der Waals surface area contributed by atoms with Crippen molar-refractivity contribution in [2.75, 3.05) is 33.9 Å². The number of H-pyrrole nitrogens is 2. The van der Waals surface area contributed by atoms with Gasteiger partial charge in [-0.25, -0.2) is 19.6 Å². The fourth-order valence-corrected chi connectivity index (χ4v) is 8.95. The molecule has 0 saturated carbocycles. The van der Waals surface area contributed by atoms with E-state index in [-0.39, 0.29) is 41.8 Å². The molecule has 2 fully saturated rings. The van der Waals surface area contributed by atoms with Crippen LogP contribution in [0.15, 0.2) is 48.7 Å². The molecular formula is C45H55N7O7. The molecule has 59 heavy (non-hydrogen) atoms. The van der Waals surface area contributed by atoms with Gasteiger partial charge in [-0.15, -0.1) is 0 Å². The highest BCUT2D eigenvalue weighted by Gasteiger charge is 2.42. The van der Waals surface area contributed by atoms with E-state index >= 15 is 0 Å². The van der Waals surface area contributed by atoms with Gasteiger partial charge in [-0.05, 0) is 91.8 Å². The summed E-state index contributed by atoms with van der Waals surface area (Å²) in [6.07, 6.45) is 3.06. The van der Waals surface area contributed by atoms with E-state index in [1.54, 1.807) is 12.0 Å². The molecule has 14 nitrogen and oxygen atoms in total. The van der Waals surface area contributed by atoms with E-state index in [0.29, 0.717) is 26.3 Å². The third kappa shape index (κ3) is 7.82. The summed E-state index contributed by atoms with van der Waals surface area (Å²) < 4.78 is 22.5. The molecule has 5 aromatic rings. The van der Waals surface area contributed by atoms with Gasteiger partial charge in [0.2, 0.25) is 5.91 Å². The normalized spacial score (nSPS) is 21.2. The number of alkyl carbamates (subject to hydrolysis) is 1. The third-order valence-corrected chi connectivity index (χ3v) is 12.1. The topological polar surface area (TPSA) is 164 Å². The number of likely N-dealkylation sites (tertiary alicyclic amines) is 2. The molecule has 3 aromatic carbocycles. The van der Waals surface area contributed by atoms with Crippen LogP contribution in [0.1, 0.15) is 90.1 Å². The highest BCUT2D eigenvalue weighted by atomic mass is 16.6. The molecule has 0 radical (unpaired) electrons. The molecule has 0 bridgehead atoms. The average molecular weight is 806 g/mol. The van der Waals surface area contributed by atoms with Crippen molar-refractivity contribution in [2.45, 2.75) is 91.1 Å². The zero-order valence-electron chi connectivity index (χ0n) is 35.2. The quantitative estimate of drug-likeness (QED) is 0.133. The molecule has 0 aliphatic carbocycles. The van der Waals surface area contributed by atoms with E-state index in [2.05, 4.69) is 58.6 Å². The lowest BCUT2D eigenvalue weighted by molar-refractivity contribution is -0.135. The molecular weight excluding hydrogens is 751 g/mol. The third-order valence-electron chi connectivity index (χ3n) is 12.1. The van der Waals surface area contributed by atoms with Crippen LogP contribution in [0.25, 0.3) is 44.2 Å². The second-order valence-corrected chi connectivity index (χ2v) is 17.5. The number of aromatic nitrogens is 4. The van der Waals surface area contributed by atoms with Crippen LogP contribution < -0.4 is 10.1 Å². The Kier molecular flexibility index (Phi) is 10.8. The lowest BCUT2D eigenvalue weighted by Gasteiger charge is -2.30. The van der Waals surface area contributed by atoms with Crippen molar-refractivity contribution in [3.8, 4) is 28.1 Å². The van der Waals surface area contributed by atoms with Gasteiger partial charge in [0, 0.05) is 37.1 Å². The maximum atomic E-state index is 13.9. The SMILES string of the molecule is CCC(C)[C@H](NC(=O)OC)C(=O)N1C[C@@H](C)CC1c1ncc(-c2ccc3c(c2)COc2cc4c(ccc5nc([C@@H]6C[C@H](COC)CN6C(=O)OC(C)(C)C)[nH]c54)cc2-3)[nH]1. The molecule has 3 amide bonds. The van der Waals surface area contributed by atoms with Gasteiger partial charge in [-0.3, -0.25) is 9.69 Å². The minimum absolute atomic E-state index is 0.0689. The lowest BCUT2D eigenvalue weighted by Crippen LogP contribution is -2.51. The van der Waals surface area contributed by atoms with E-state index in [4.69, 9.17) is 28.9 Å². The van der Waals surface area contributed by atoms with Crippen molar-refractivity contribution in [3.63, 3.8) is 0 Å². The number of carbonyl (C=O) groups excluding carboxylic acids is 3. The number of nitrogens with one attached hydrogen (secondary N) is 3. The number of amides is 3. The van der Waals surface area contributed by atoms with Gasteiger partial charge in [-0.2, -0.15) is 0 Å². The van der Waals surface area contributed by atoms with E-state index in [1.807, 2.05) is 51.8 Å². The maximum Gasteiger partial charge on any atom is 0.410 e. The number of hydrogen-bond donors (Lipinski definition) is 3. The number of fused-ring (bicyclic) bond motifs is 6. The van der Waals surface area contributed by atoms with Gasteiger partial charge in [0.25, 0.3) is 0 Å². The van der Waals surface area contributed by atoms with Crippen LogP contribution >= 0.6 is 0 Å². The first-order valence-electron chi connectivity index (χ1n) is 20.7. The zero-order valence-corrected chi connectivity index (χ0v) is 35.2. The molecule has 2 aromatic heterocycles.